The van der Waals surface area contributed by atoms with Gasteiger partial charge >= 0.3 is 12.4 Å². The Balaban J connectivity index is 2.58. The lowest BCUT2D eigenvalue weighted by atomic mass is 9.91. The maximum atomic E-state index is 13.4. The maximum absolute atomic E-state index is 13.4. The summed E-state index contributed by atoms with van der Waals surface area (Å²) in [6, 6.07) is 8.63. The molecule has 154 valence electrons. The van der Waals surface area contributed by atoms with Crippen molar-refractivity contribution in [2.24, 2.45) is 5.92 Å². The Hall–Kier alpha value is -2.06. The van der Waals surface area contributed by atoms with E-state index in [1.165, 1.54) is 18.2 Å². The number of aliphatic hydroxyl groups excluding tert-OH is 1. The molecule has 0 fully saturated rings. The molecule has 0 aliphatic rings. The highest BCUT2D eigenvalue weighted by molar-refractivity contribution is 5.37. The van der Waals surface area contributed by atoms with Gasteiger partial charge in [-0.25, -0.2) is 0 Å². The van der Waals surface area contributed by atoms with Crippen molar-refractivity contribution in [3.8, 4) is 0 Å². The lowest BCUT2D eigenvalue weighted by Gasteiger charge is -2.29. The van der Waals surface area contributed by atoms with E-state index < -0.39 is 46.8 Å². The molecule has 2 atom stereocenters. The van der Waals surface area contributed by atoms with Crippen LogP contribution in [0, 0.1) is 5.92 Å². The third kappa shape index (κ3) is 5.26. The van der Waals surface area contributed by atoms with E-state index in [1.807, 2.05) is 0 Å². The second-order valence-electron chi connectivity index (χ2n) is 6.76. The first-order valence-corrected chi connectivity index (χ1v) is 8.54. The second-order valence-corrected chi connectivity index (χ2v) is 6.76. The summed E-state index contributed by atoms with van der Waals surface area (Å²) in [6.45, 7) is 3.44. The summed E-state index contributed by atoms with van der Waals surface area (Å²) in [4.78, 5) is 0. The molecule has 0 bridgehead atoms. The quantitative estimate of drug-likeness (QED) is 0.581. The topological polar surface area (TPSA) is 29.5 Å². The molecule has 0 saturated carbocycles. The van der Waals surface area contributed by atoms with Crippen LogP contribution in [0.5, 0.6) is 0 Å². The number of benzene rings is 2. The van der Waals surface area contributed by atoms with Crippen molar-refractivity contribution in [3.05, 3.63) is 70.8 Å². The van der Waals surface area contributed by atoms with Gasteiger partial charge in [-0.2, -0.15) is 26.3 Å². The minimum Gasteiger partial charge on any atom is -0.385 e. The van der Waals surface area contributed by atoms with Gasteiger partial charge < -0.3 is 9.84 Å². The average Bonchev–Trinajstić information content (AvgIpc) is 2.60. The SMILES string of the molecule is CC(C)CO[C@@H](c1ccccc1C(F)(F)F)[C@H](O)c1ccccc1C(F)(F)F. The van der Waals surface area contributed by atoms with Crippen LogP contribution in [0.25, 0.3) is 0 Å². The molecule has 0 unspecified atom stereocenters. The van der Waals surface area contributed by atoms with Crippen molar-refractivity contribution >= 4 is 0 Å². The lowest BCUT2D eigenvalue weighted by Crippen LogP contribution is -2.23. The van der Waals surface area contributed by atoms with Crippen LogP contribution < -0.4 is 0 Å². The Morgan fingerprint density at radius 2 is 1.21 bits per heavy atom. The van der Waals surface area contributed by atoms with Crippen LogP contribution in [0.3, 0.4) is 0 Å². The number of hydrogen-bond acceptors (Lipinski definition) is 2. The van der Waals surface area contributed by atoms with Crippen LogP contribution in [0.1, 0.15) is 48.3 Å². The average molecular weight is 406 g/mol. The van der Waals surface area contributed by atoms with Gasteiger partial charge in [0, 0.05) is 6.61 Å². The molecule has 1 N–H and O–H groups in total. The Morgan fingerprint density at radius 3 is 1.68 bits per heavy atom. The summed E-state index contributed by atoms with van der Waals surface area (Å²) >= 11 is 0. The molecule has 0 spiro atoms. The zero-order valence-corrected chi connectivity index (χ0v) is 15.2. The summed E-state index contributed by atoms with van der Waals surface area (Å²) in [5, 5.41) is 10.7. The van der Waals surface area contributed by atoms with Crippen LogP contribution in [-0.2, 0) is 17.1 Å². The fourth-order valence-electron chi connectivity index (χ4n) is 2.83. The molecule has 0 aliphatic heterocycles. The molecule has 2 aromatic carbocycles. The van der Waals surface area contributed by atoms with E-state index >= 15 is 0 Å². The van der Waals surface area contributed by atoms with E-state index in [4.69, 9.17) is 4.74 Å². The van der Waals surface area contributed by atoms with Gasteiger partial charge in [-0.1, -0.05) is 50.2 Å². The van der Waals surface area contributed by atoms with Gasteiger partial charge in [-0.15, -0.1) is 0 Å². The number of halogens is 6. The molecule has 0 aromatic heterocycles. The molecule has 0 radical (unpaired) electrons. The van der Waals surface area contributed by atoms with Gasteiger partial charge in [0.05, 0.1) is 11.1 Å². The largest absolute Gasteiger partial charge is 0.416 e. The van der Waals surface area contributed by atoms with Crippen molar-refractivity contribution in [3.63, 3.8) is 0 Å². The molecule has 0 saturated heterocycles. The van der Waals surface area contributed by atoms with Crippen LogP contribution in [0.2, 0.25) is 0 Å². The van der Waals surface area contributed by atoms with Crippen molar-refractivity contribution in [2.75, 3.05) is 6.61 Å². The monoisotopic (exact) mass is 406 g/mol. The highest BCUT2D eigenvalue weighted by atomic mass is 19.4. The van der Waals surface area contributed by atoms with Crippen LogP contribution in [0.4, 0.5) is 26.3 Å². The molecular weight excluding hydrogens is 386 g/mol. The smallest absolute Gasteiger partial charge is 0.385 e. The minimum atomic E-state index is -4.77. The maximum Gasteiger partial charge on any atom is 0.416 e. The van der Waals surface area contributed by atoms with Crippen LogP contribution in [0.15, 0.2) is 48.5 Å². The number of rotatable bonds is 6. The normalized spacial score (nSPS) is 14.9. The van der Waals surface area contributed by atoms with Crippen LogP contribution >= 0.6 is 0 Å². The molecule has 2 nitrogen and oxygen atoms in total. The first kappa shape index (κ1) is 22.2. The highest BCUT2D eigenvalue weighted by Gasteiger charge is 2.40. The molecule has 2 aromatic rings. The molecule has 8 heteroatoms. The lowest BCUT2D eigenvalue weighted by molar-refractivity contribution is -0.144. The molecule has 2 rings (SSSR count). The van der Waals surface area contributed by atoms with E-state index in [9.17, 15) is 31.4 Å². The highest BCUT2D eigenvalue weighted by Crippen LogP contribution is 2.43. The standard InChI is InChI=1S/C20H20F6O2/c1-12(2)11-28-18(14-8-4-6-10-16(14)20(24,25)26)17(27)13-7-3-5-9-15(13)19(21,22)23/h3-10,12,17-18,27H,11H2,1-2H3/t17-,18+/m1/s1. The number of alkyl halides is 6. The van der Waals surface area contributed by atoms with Gasteiger partial charge in [0.25, 0.3) is 0 Å². The summed E-state index contributed by atoms with van der Waals surface area (Å²) < 4.78 is 85.7. The molecule has 28 heavy (non-hydrogen) atoms. The number of aliphatic hydroxyl groups is 1. The third-order valence-corrected chi connectivity index (χ3v) is 4.05. The van der Waals surface area contributed by atoms with Crippen LogP contribution in [-0.4, -0.2) is 11.7 Å². The van der Waals surface area contributed by atoms with Crippen molar-refractivity contribution in [1.29, 1.82) is 0 Å². The second kappa shape index (κ2) is 8.53. The van der Waals surface area contributed by atoms with Crippen molar-refractivity contribution in [2.45, 2.75) is 38.4 Å². The molecule has 0 amide bonds. The number of hydrogen-bond donors (Lipinski definition) is 1. The van der Waals surface area contributed by atoms with E-state index in [1.54, 1.807) is 13.8 Å². The van der Waals surface area contributed by atoms with Gasteiger partial charge in [0.15, 0.2) is 0 Å². The van der Waals surface area contributed by atoms with E-state index in [0.29, 0.717) is 0 Å². The predicted octanol–water partition coefficient (Wildman–Crippen LogP) is 6.17. The summed E-state index contributed by atoms with van der Waals surface area (Å²) in [5.74, 6) is -0.106. The van der Waals surface area contributed by atoms with E-state index in [2.05, 4.69) is 0 Å². The van der Waals surface area contributed by atoms with Gasteiger partial charge in [-0.05, 0) is 29.2 Å². The Morgan fingerprint density at radius 1 is 0.786 bits per heavy atom. The molecular formula is C20H20F6O2. The first-order chi connectivity index (χ1) is 12.9. The Labute approximate surface area is 158 Å². The Bertz CT molecular complexity index is 783. The van der Waals surface area contributed by atoms with Crippen molar-refractivity contribution < 1.29 is 36.2 Å². The predicted molar refractivity (Wildman–Crippen MR) is 91.4 cm³/mol. The van der Waals surface area contributed by atoms with E-state index in [0.717, 1.165) is 30.3 Å². The molecule has 0 aliphatic carbocycles. The van der Waals surface area contributed by atoms with Gasteiger partial charge in [0.1, 0.15) is 12.2 Å². The minimum absolute atomic E-state index is 0.0396. The van der Waals surface area contributed by atoms with Gasteiger partial charge in [-0.3, -0.25) is 0 Å². The first-order valence-electron chi connectivity index (χ1n) is 8.54. The number of ether oxygens (including phenoxy) is 1. The van der Waals surface area contributed by atoms with Crippen molar-refractivity contribution in [1.82, 2.24) is 0 Å². The summed E-state index contributed by atoms with van der Waals surface area (Å²) in [5.41, 5.74) is -3.14. The third-order valence-electron chi connectivity index (χ3n) is 4.05. The fraction of sp³-hybridized carbons (Fsp3) is 0.400. The van der Waals surface area contributed by atoms with E-state index in [-0.39, 0.29) is 12.5 Å². The summed E-state index contributed by atoms with van der Waals surface area (Å²) in [7, 11) is 0. The summed E-state index contributed by atoms with van der Waals surface area (Å²) in [6.07, 6.45) is -13.1. The zero-order valence-electron chi connectivity index (χ0n) is 15.2. The fourth-order valence-corrected chi connectivity index (χ4v) is 2.83. The van der Waals surface area contributed by atoms with Gasteiger partial charge in [0.2, 0.25) is 0 Å². The zero-order chi connectivity index (χ0) is 21.1. The Kier molecular flexibility index (Phi) is 6.77. The molecule has 0 heterocycles.